The number of carbonyl (C=O) groups excluding carboxylic acids is 2. The maximum absolute atomic E-state index is 12.6. The monoisotopic (exact) mass is 370 g/mol. The SMILES string of the molecule is COc1ccc(C(=O)Nc2ccc3c(c2)NC(=O)C(C)(C)CO3)c(OC)c1. The van der Waals surface area contributed by atoms with Crippen molar-refractivity contribution in [2.75, 3.05) is 31.5 Å². The molecule has 142 valence electrons. The Balaban J connectivity index is 1.83. The van der Waals surface area contributed by atoms with E-state index in [0.29, 0.717) is 34.2 Å². The Bertz CT molecular complexity index is 892. The second-order valence-electron chi connectivity index (χ2n) is 6.86. The number of hydrogen-bond acceptors (Lipinski definition) is 5. The van der Waals surface area contributed by atoms with Crippen molar-refractivity contribution in [2.24, 2.45) is 5.41 Å². The zero-order valence-corrected chi connectivity index (χ0v) is 15.7. The lowest BCUT2D eigenvalue weighted by Gasteiger charge is -2.18. The van der Waals surface area contributed by atoms with Crippen molar-refractivity contribution in [1.82, 2.24) is 0 Å². The number of nitrogens with one attached hydrogen (secondary N) is 2. The summed E-state index contributed by atoms with van der Waals surface area (Å²) in [6.07, 6.45) is 0. The molecule has 1 aliphatic rings. The van der Waals surface area contributed by atoms with Crippen LogP contribution in [0.15, 0.2) is 36.4 Å². The van der Waals surface area contributed by atoms with Crippen molar-refractivity contribution in [1.29, 1.82) is 0 Å². The molecule has 0 fully saturated rings. The first-order valence-corrected chi connectivity index (χ1v) is 8.46. The van der Waals surface area contributed by atoms with E-state index >= 15 is 0 Å². The quantitative estimate of drug-likeness (QED) is 0.862. The highest BCUT2D eigenvalue weighted by Crippen LogP contribution is 2.34. The van der Waals surface area contributed by atoms with E-state index in [9.17, 15) is 9.59 Å². The first-order valence-electron chi connectivity index (χ1n) is 8.46. The van der Waals surface area contributed by atoms with E-state index in [-0.39, 0.29) is 18.4 Å². The van der Waals surface area contributed by atoms with Gasteiger partial charge in [-0.3, -0.25) is 9.59 Å². The van der Waals surface area contributed by atoms with Crippen molar-refractivity contribution in [2.45, 2.75) is 13.8 Å². The predicted octanol–water partition coefficient (Wildman–Crippen LogP) is 3.31. The largest absolute Gasteiger partial charge is 0.497 e. The molecule has 2 aromatic carbocycles. The third-order valence-electron chi connectivity index (χ3n) is 4.34. The Morgan fingerprint density at radius 2 is 1.93 bits per heavy atom. The lowest BCUT2D eigenvalue weighted by molar-refractivity contribution is -0.124. The van der Waals surface area contributed by atoms with E-state index in [4.69, 9.17) is 14.2 Å². The minimum atomic E-state index is -0.640. The second kappa shape index (κ2) is 7.19. The van der Waals surface area contributed by atoms with Gasteiger partial charge in [0.2, 0.25) is 5.91 Å². The van der Waals surface area contributed by atoms with Gasteiger partial charge in [0.1, 0.15) is 23.9 Å². The highest BCUT2D eigenvalue weighted by molar-refractivity contribution is 6.07. The van der Waals surface area contributed by atoms with Crippen LogP contribution in [-0.2, 0) is 4.79 Å². The van der Waals surface area contributed by atoms with Crippen LogP contribution in [0, 0.1) is 5.41 Å². The van der Waals surface area contributed by atoms with Gasteiger partial charge in [0.25, 0.3) is 5.91 Å². The number of fused-ring (bicyclic) bond motifs is 1. The van der Waals surface area contributed by atoms with E-state index < -0.39 is 5.41 Å². The molecule has 0 atom stereocenters. The smallest absolute Gasteiger partial charge is 0.259 e. The number of hydrogen-bond donors (Lipinski definition) is 2. The summed E-state index contributed by atoms with van der Waals surface area (Å²) in [4.78, 5) is 24.9. The highest BCUT2D eigenvalue weighted by Gasteiger charge is 2.32. The number of ether oxygens (including phenoxy) is 3. The summed E-state index contributed by atoms with van der Waals surface area (Å²) >= 11 is 0. The number of anilines is 2. The van der Waals surface area contributed by atoms with Crippen molar-refractivity contribution in [3.8, 4) is 17.2 Å². The third-order valence-corrected chi connectivity index (χ3v) is 4.34. The van der Waals surface area contributed by atoms with E-state index in [1.54, 1.807) is 43.5 Å². The van der Waals surface area contributed by atoms with Crippen LogP contribution in [0.25, 0.3) is 0 Å². The van der Waals surface area contributed by atoms with Crippen molar-refractivity contribution in [3.05, 3.63) is 42.0 Å². The summed E-state index contributed by atoms with van der Waals surface area (Å²) in [6, 6.07) is 10.1. The molecule has 0 spiro atoms. The van der Waals surface area contributed by atoms with Gasteiger partial charge in [-0.1, -0.05) is 0 Å². The Morgan fingerprint density at radius 3 is 2.63 bits per heavy atom. The second-order valence-corrected chi connectivity index (χ2v) is 6.86. The fraction of sp³-hybridized carbons (Fsp3) is 0.300. The molecule has 0 bridgehead atoms. The highest BCUT2D eigenvalue weighted by atomic mass is 16.5. The first kappa shape index (κ1) is 18.6. The summed E-state index contributed by atoms with van der Waals surface area (Å²) in [6.45, 7) is 3.90. The van der Waals surface area contributed by atoms with Gasteiger partial charge < -0.3 is 24.8 Å². The molecule has 3 rings (SSSR count). The van der Waals surface area contributed by atoms with Crippen LogP contribution < -0.4 is 24.8 Å². The Labute approximate surface area is 157 Å². The predicted molar refractivity (Wildman–Crippen MR) is 102 cm³/mol. The fourth-order valence-corrected chi connectivity index (χ4v) is 2.63. The van der Waals surface area contributed by atoms with Crippen LogP contribution in [0.5, 0.6) is 17.2 Å². The number of benzene rings is 2. The maximum Gasteiger partial charge on any atom is 0.259 e. The lowest BCUT2D eigenvalue weighted by atomic mass is 9.94. The Hall–Kier alpha value is -3.22. The van der Waals surface area contributed by atoms with Gasteiger partial charge in [-0.25, -0.2) is 0 Å². The fourth-order valence-electron chi connectivity index (χ4n) is 2.63. The van der Waals surface area contributed by atoms with E-state index in [0.717, 1.165) is 0 Å². The summed E-state index contributed by atoms with van der Waals surface area (Å²) in [7, 11) is 3.03. The standard InChI is InChI=1S/C20H22N2O5/c1-20(2)11-27-16-8-5-12(9-15(16)22-19(20)24)21-18(23)14-7-6-13(25-3)10-17(14)26-4/h5-10H,11H2,1-4H3,(H,21,23)(H,22,24). The van der Waals surface area contributed by atoms with E-state index in [2.05, 4.69) is 10.6 Å². The van der Waals surface area contributed by atoms with Gasteiger partial charge in [-0.05, 0) is 44.2 Å². The van der Waals surface area contributed by atoms with Gasteiger partial charge in [-0.15, -0.1) is 0 Å². The molecule has 7 heteroatoms. The lowest BCUT2D eigenvalue weighted by Crippen LogP contribution is -2.33. The summed E-state index contributed by atoms with van der Waals surface area (Å²) in [5.74, 6) is 1.09. The van der Waals surface area contributed by atoms with Crippen LogP contribution in [0.1, 0.15) is 24.2 Å². The van der Waals surface area contributed by atoms with E-state index in [1.165, 1.54) is 7.11 Å². The van der Waals surface area contributed by atoms with Crippen LogP contribution in [0.2, 0.25) is 0 Å². The number of methoxy groups -OCH3 is 2. The summed E-state index contributed by atoms with van der Waals surface area (Å²) < 4.78 is 16.1. The molecule has 0 saturated heterocycles. The van der Waals surface area contributed by atoms with Gasteiger partial charge >= 0.3 is 0 Å². The van der Waals surface area contributed by atoms with Crippen LogP contribution >= 0.6 is 0 Å². The minimum absolute atomic E-state index is 0.137. The molecule has 0 saturated carbocycles. The van der Waals surface area contributed by atoms with Gasteiger partial charge in [0.05, 0.1) is 30.9 Å². The third kappa shape index (κ3) is 3.81. The molecule has 1 heterocycles. The number of amides is 2. The molecule has 2 aromatic rings. The minimum Gasteiger partial charge on any atom is -0.497 e. The first-order chi connectivity index (χ1) is 12.8. The molecule has 2 amide bonds. The van der Waals surface area contributed by atoms with Crippen molar-refractivity contribution >= 4 is 23.2 Å². The zero-order valence-electron chi connectivity index (χ0n) is 15.7. The average molecular weight is 370 g/mol. The molecule has 7 nitrogen and oxygen atoms in total. The molecule has 27 heavy (non-hydrogen) atoms. The van der Waals surface area contributed by atoms with Gasteiger partial charge in [0.15, 0.2) is 0 Å². The van der Waals surface area contributed by atoms with Crippen LogP contribution in [0.3, 0.4) is 0 Å². The molecule has 0 aliphatic carbocycles. The average Bonchev–Trinajstić information content (AvgIpc) is 2.77. The van der Waals surface area contributed by atoms with Gasteiger partial charge in [0, 0.05) is 11.8 Å². The maximum atomic E-state index is 12.6. The molecule has 2 N–H and O–H groups in total. The normalized spacial score (nSPS) is 14.9. The molecule has 0 radical (unpaired) electrons. The zero-order chi connectivity index (χ0) is 19.6. The molecule has 0 aromatic heterocycles. The number of rotatable bonds is 4. The van der Waals surface area contributed by atoms with Crippen LogP contribution in [-0.4, -0.2) is 32.6 Å². The summed E-state index contributed by atoms with van der Waals surface area (Å²) in [5, 5.41) is 5.66. The van der Waals surface area contributed by atoms with Crippen LogP contribution in [0.4, 0.5) is 11.4 Å². The summed E-state index contributed by atoms with van der Waals surface area (Å²) in [5.41, 5.74) is 0.777. The van der Waals surface area contributed by atoms with Crippen molar-refractivity contribution < 1.29 is 23.8 Å². The Morgan fingerprint density at radius 1 is 1.15 bits per heavy atom. The van der Waals surface area contributed by atoms with E-state index in [1.807, 2.05) is 13.8 Å². The molecular formula is C20H22N2O5. The Kier molecular flexibility index (Phi) is 4.94. The van der Waals surface area contributed by atoms with Crippen molar-refractivity contribution in [3.63, 3.8) is 0 Å². The molecule has 0 unspecified atom stereocenters. The van der Waals surface area contributed by atoms with Gasteiger partial charge in [-0.2, -0.15) is 0 Å². The molecular weight excluding hydrogens is 348 g/mol. The molecule has 1 aliphatic heterocycles. The number of carbonyl (C=O) groups is 2. The topological polar surface area (TPSA) is 85.9 Å².